The fraction of sp³-hybridized carbons (Fsp3) is 0.429. The Labute approximate surface area is 117 Å². The SMILES string of the molecule is COc1c(OC(C)C)cc(CC(=O)O)c(C=O)c1OC. The highest BCUT2D eigenvalue weighted by atomic mass is 16.5. The molecule has 0 spiro atoms. The van der Waals surface area contributed by atoms with Crippen LogP contribution in [0, 0.1) is 0 Å². The Morgan fingerprint density at radius 2 is 1.90 bits per heavy atom. The summed E-state index contributed by atoms with van der Waals surface area (Å²) in [6.45, 7) is 3.66. The molecule has 0 aliphatic heterocycles. The van der Waals surface area contributed by atoms with Crippen molar-refractivity contribution in [2.24, 2.45) is 0 Å². The van der Waals surface area contributed by atoms with Crippen LogP contribution in [-0.2, 0) is 11.2 Å². The zero-order valence-corrected chi connectivity index (χ0v) is 11.9. The van der Waals surface area contributed by atoms with Crippen molar-refractivity contribution in [2.45, 2.75) is 26.4 Å². The molecule has 0 saturated carbocycles. The van der Waals surface area contributed by atoms with E-state index in [0.29, 0.717) is 17.6 Å². The smallest absolute Gasteiger partial charge is 0.307 e. The number of carbonyl (C=O) groups is 2. The fourth-order valence-corrected chi connectivity index (χ4v) is 1.86. The second kappa shape index (κ2) is 6.79. The largest absolute Gasteiger partial charge is 0.492 e. The molecule has 0 bridgehead atoms. The molecular weight excluding hydrogens is 264 g/mol. The van der Waals surface area contributed by atoms with Crippen molar-refractivity contribution < 1.29 is 28.9 Å². The Balaban J connectivity index is 3.51. The number of ether oxygens (including phenoxy) is 3. The van der Waals surface area contributed by atoms with Gasteiger partial charge < -0.3 is 19.3 Å². The molecule has 0 aliphatic carbocycles. The number of hydrogen-bond donors (Lipinski definition) is 1. The van der Waals surface area contributed by atoms with E-state index < -0.39 is 5.97 Å². The molecule has 0 fully saturated rings. The fourth-order valence-electron chi connectivity index (χ4n) is 1.86. The average molecular weight is 282 g/mol. The van der Waals surface area contributed by atoms with E-state index in [4.69, 9.17) is 19.3 Å². The van der Waals surface area contributed by atoms with Crippen LogP contribution in [0.3, 0.4) is 0 Å². The standard InChI is InChI=1S/C14H18O6/c1-8(2)20-11-5-9(6-12(16)17)10(7-15)13(18-3)14(11)19-4/h5,7-8H,6H2,1-4H3,(H,16,17). The summed E-state index contributed by atoms with van der Waals surface area (Å²) in [6, 6.07) is 1.50. The molecule has 0 aliphatic rings. The Hall–Kier alpha value is -2.24. The van der Waals surface area contributed by atoms with E-state index in [1.54, 1.807) is 0 Å². The Morgan fingerprint density at radius 3 is 2.30 bits per heavy atom. The summed E-state index contributed by atoms with van der Waals surface area (Å²) in [5, 5.41) is 8.92. The molecule has 110 valence electrons. The maximum absolute atomic E-state index is 11.2. The minimum absolute atomic E-state index is 0.131. The van der Waals surface area contributed by atoms with Gasteiger partial charge in [0, 0.05) is 0 Å². The van der Waals surface area contributed by atoms with Crippen LogP contribution in [0.2, 0.25) is 0 Å². The maximum Gasteiger partial charge on any atom is 0.307 e. The molecule has 0 heterocycles. The summed E-state index contributed by atoms with van der Waals surface area (Å²) in [4.78, 5) is 22.1. The molecule has 0 atom stereocenters. The second-order valence-corrected chi connectivity index (χ2v) is 4.37. The molecule has 0 unspecified atom stereocenters. The van der Waals surface area contributed by atoms with Crippen LogP contribution in [-0.4, -0.2) is 37.7 Å². The summed E-state index contributed by atoms with van der Waals surface area (Å²) < 4.78 is 16.0. The van der Waals surface area contributed by atoms with Crippen molar-refractivity contribution in [1.29, 1.82) is 0 Å². The summed E-state index contributed by atoms with van der Waals surface area (Å²) in [7, 11) is 2.81. The number of rotatable bonds is 7. The zero-order chi connectivity index (χ0) is 15.3. The summed E-state index contributed by atoms with van der Waals surface area (Å²) >= 11 is 0. The Bertz CT molecular complexity index is 507. The van der Waals surface area contributed by atoms with Crippen LogP contribution >= 0.6 is 0 Å². The molecule has 0 radical (unpaired) electrons. The van der Waals surface area contributed by atoms with E-state index in [0.717, 1.165) is 0 Å². The van der Waals surface area contributed by atoms with E-state index in [9.17, 15) is 9.59 Å². The van der Waals surface area contributed by atoms with Crippen LogP contribution in [0.4, 0.5) is 0 Å². The normalized spacial score (nSPS) is 10.2. The minimum atomic E-state index is -1.05. The highest BCUT2D eigenvalue weighted by Gasteiger charge is 2.22. The van der Waals surface area contributed by atoms with Gasteiger partial charge in [0.25, 0.3) is 0 Å². The molecule has 1 N–H and O–H groups in total. The molecule has 20 heavy (non-hydrogen) atoms. The lowest BCUT2D eigenvalue weighted by Gasteiger charge is -2.19. The summed E-state index contributed by atoms with van der Waals surface area (Å²) in [5.74, 6) is -0.244. The molecule has 6 nitrogen and oxygen atoms in total. The number of hydrogen-bond acceptors (Lipinski definition) is 5. The third-order valence-electron chi connectivity index (χ3n) is 2.56. The molecule has 1 rings (SSSR count). The molecule has 1 aromatic carbocycles. The van der Waals surface area contributed by atoms with Gasteiger partial charge in [-0.1, -0.05) is 0 Å². The number of carboxylic acids is 1. The van der Waals surface area contributed by atoms with Crippen LogP contribution in [0.15, 0.2) is 6.07 Å². The minimum Gasteiger partial charge on any atom is -0.492 e. The number of carbonyl (C=O) groups excluding carboxylic acids is 1. The van der Waals surface area contributed by atoms with Gasteiger partial charge in [0.2, 0.25) is 5.75 Å². The van der Waals surface area contributed by atoms with Crippen LogP contribution < -0.4 is 14.2 Å². The maximum atomic E-state index is 11.2. The van der Waals surface area contributed by atoms with Crippen molar-refractivity contribution in [2.75, 3.05) is 14.2 Å². The van der Waals surface area contributed by atoms with Gasteiger partial charge in [0.15, 0.2) is 17.8 Å². The molecule has 0 saturated heterocycles. The van der Waals surface area contributed by atoms with Crippen molar-refractivity contribution >= 4 is 12.3 Å². The average Bonchev–Trinajstić information content (AvgIpc) is 2.36. The zero-order valence-electron chi connectivity index (χ0n) is 11.9. The van der Waals surface area contributed by atoms with Gasteiger partial charge in [-0.2, -0.15) is 0 Å². The van der Waals surface area contributed by atoms with Crippen molar-refractivity contribution in [1.82, 2.24) is 0 Å². The molecule has 0 amide bonds. The quantitative estimate of drug-likeness (QED) is 0.769. The van der Waals surface area contributed by atoms with E-state index in [2.05, 4.69) is 0 Å². The van der Waals surface area contributed by atoms with Gasteiger partial charge >= 0.3 is 5.97 Å². The summed E-state index contributed by atoms with van der Waals surface area (Å²) in [6.07, 6.45) is 0.121. The lowest BCUT2D eigenvalue weighted by Crippen LogP contribution is -2.11. The molecule has 6 heteroatoms. The van der Waals surface area contributed by atoms with Crippen LogP contribution in [0.5, 0.6) is 17.2 Å². The highest BCUT2D eigenvalue weighted by molar-refractivity contribution is 5.87. The first-order valence-electron chi connectivity index (χ1n) is 6.06. The lowest BCUT2D eigenvalue weighted by molar-refractivity contribution is -0.136. The number of methoxy groups -OCH3 is 2. The van der Waals surface area contributed by atoms with Crippen molar-refractivity contribution in [3.63, 3.8) is 0 Å². The van der Waals surface area contributed by atoms with Gasteiger partial charge in [0.1, 0.15) is 0 Å². The van der Waals surface area contributed by atoms with E-state index in [-0.39, 0.29) is 29.6 Å². The van der Waals surface area contributed by atoms with Gasteiger partial charge in [-0.25, -0.2) is 0 Å². The Kier molecular flexibility index (Phi) is 5.37. The third-order valence-corrected chi connectivity index (χ3v) is 2.56. The highest BCUT2D eigenvalue weighted by Crippen LogP contribution is 2.42. The van der Waals surface area contributed by atoms with Gasteiger partial charge in [-0.3, -0.25) is 9.59 Å². The second-order valence-electron chi connectivity index (χ2n) is 4.37. The first-order chi connectivity index (χ1) is 9.44. The van der Waals surface area contributed by atoms with E-state index >= 15 is 0 Å². The number of carboxylic acid groups (broad SMARTS) is 1. The predicted octanol–water partition coefficient (Wildman–Crippen LogP) is 1.93. The third kappa shape index (κ3) is 3.40. The molecular formula is C14H18O6. The Morgan fingerprint density at radius 1 is 1.30 bits per heavy atom. The van der Waals surface area contributed by atoms with Gasteiger partial charge in [0.05, 0.1) is 32.3 Å². The number of benzene rings is 1. The van der Waals surface area contributed by atoms with Crippen molar-refractivity contribution in [3.05, 3.63) is 17.2 Å². The van der Waals surface area contributed by atoms with Crippen LogP contribution in [0.25, 0.3) is 0 Å². The van der Waals surface area contributed by atoms with E-state index in [1.165, 1.54) is 20.3 Å². The van der Waals surface area contributed by atoms with Gasteiger partial charge in [-0.05, 0) is 25.5 Å². The molecule has 0 aromatic heterocycles. The monoisotopic (exact) mass is 282 g/mol. The van der Waals surface area contributed by atoms with Gasteiger partial charge in [-0.15, -0.1) is 0 Å². The van der Waals surface area contributed by atoms with Crippen LogP contribution in [0.1, 0.15) is 29.8 Å². The van der Waals surface area contributed by atoms with E-state index in [1.807, 2.05) is 13.8 Å². The predicted molar refractivity (Wildman–Crippen MR) is 72.0 cm³/mol. The summed E-state index contributed by atoms with van der Waals surface area (Å²) in [5.41, 5.74) is 0.476. The molecule has 1 aromatic rings. The lowest BCUT2D eigenvalue weighted by atomic mass is 10.0. The number of aldehydes is 1. The number of aliphatic carboxylic acids is 1. The first kappa shape index (κ1) is 15.8. The topological polar surface area (TPSA) is 82.1 Å². The first-order valence-corrected chi connectivity index (χ1v) is 6.06. The van der Waals surface area contributed by atoms with Crippen molar-refractivity contribution in [3.8, 4) is 17.2 Å².